The summed E-state index contributed by atoms with van der Waals surface area (Å²) in [5.74, 6) is 0.619. The molecule has 0 spiro atoms. The van der Waals surface area contributed by atoms with E-state index in [1.54, 1.807) is 13.0 Å². The van der Waals surface area contributed by atoms with Gasteiger partial charge in [-0.25, -0.2) is 13.1 Å². The van der Waals surface area contributed by atoms with Crippen molar-refractivity contribution in [3.05, 3.63) is 23.2 Å². The molecule has 0 radical (unpaired) electrons. The first kappa shape index (κ1) is 17.6. The number of nitrogens with one attached hydrogen (secondary N) is 1. The van der Waals surface area contributed by atoms with E-state index in [1.807, 2.05) is 6.26 Å². The third-order valence-corrected chi connectivity index (χ3v) is 5.08. The first-order valence-electron chi connectivity index (χ1n) is 5.76. The summed E-state index contributed by atoms with van der Waals surface area (Å²) in [7, 11) is -2.42. The first-order valence-corrected chi connectivity index (χ1v) is 9.02. The minimum atomic E-state index is -3.81. The molecule has 1 rings (SSSR count). The van der Waals surface area contributed by atoms with Crippen LogP contribution in [0.2, 0.25) is 5.02 Å². The molecule has 0 saturated heterocycles. The second-order valence-corrected chi connectivity index (χ2v) is 7.59. The van der Waals surface area contributed by atoms with E-state index in [0.29, 0.717) is 10.8 Å². The zero-order valence-corrected chi connectivity index (χ0v) is 13.9. The molecule has 0 aliphatic rings. The number of sulfonamides is 1. The third-order valence-electron chi connectivity index (χ3n) is 2.51. The average molecular weight is 340 g/mol. The zero-order chi connectivity index (χ0) is 15.4. The molecule has 0 saturated carbocycles. The van der Waals surface area contributed by atoms with Gasteiger partial charge in [0, 0.05) is 17.3 Å². The lowest BCUT2D eigenvalue weighted by molar-refractivity contribution is 0.0908. The van der Waals surface area contributed by atoms with E-state index in [1.165, 1.54) is 31.0 Å². The summed E-state index contributed by atoms with van der Waals surface area (Å²) >= 11 is 7.25. The summed E-state index contributed by atoms with van der Waals surface area (Å²) in [6.07, 6.45) is 1.84. The summed E-state index contributed by atoms with van der Waals surface area (Å²) in [5.41, 5.74) is -1.13. The summed E-state index contributed by atoms with van der Waals surface area (Å²) in [4.78, 5) is -0.0487. The highest BCUT2D eigenvalue weighted by Gasteiger charge is 2.25. The maximum absolute atomic E-state index is 12.2. The molecule has 0 aromatic heterocycles. The van der Waals surface area contributed by atoms with Crippen molar-refractivity contribution in [2.24, 2.45) is 0 Å². The normalized spacial score (nSPS) is 14.8. The van der Waals surface area contributed by atoms with Gasteiger partial charge in [-0.2, -0.15) is 11.8 Å². The zero-order valence-electron chi connectivity index (χ0n) is 11.5. The van der Waals surface area contributed by atoms with E-state index in [-0.39, 0.29) is 17.2 Å². The molecule has 0 aliphatic carbocycles. The van der Waals surface area contributed by atoms with Crippen LogP contribution in [0.5, 0.6) is 5.75 Å². The van der Waals surface area contributed by atoms with Crippen molar-refractivity contribution in [1.82, 2.24) is 4.72 Å². The molecule has 0 unspecified atom stereocenters. The lowest BCUT2D eigenvalue weighted by Gasteiger charge is -2.22. The fraction of sp³-hybridized carbons (Fsp3) is 0.500. The van der Waals surface area contributed by atoms with Crippen LogP contribution in [0.3, 0.4) is 0 Å². The molecule has 20 heavy (non-hydrogen) atoms. The quantitative estimate of drug-likeness (QED) is 0.791. The van der Waals surface area contributed by atoms with Gasteiger partial charge in [0.2, 0.25) is 10.0 Å². The van der Waals surface area contributed by atoms with Gasteiger partial charge in [0.15, 0.2) is 0 Å². The Kier molecular flexibility index (Phi) is 6.15. The smallest absolute Gasteiger partial charge is 0.244 e. The summed E-state index contributed by atoms with van der Waals surface area (Å²) < 4.78 is 31.9. The van der Waals surface area contributed by atoms with Crippen molar-refractivity contribution in [3.63, 3.8) is 0 Å². The number of thioether (sulfide) groups is 1. The number of benzene rings is 1. The molecule has 5 nitrogen and oxygen atoms in total. The molecule has 1 aromatic carbocycles. The molecular formula is C12H18ClNO4S2. The third kappa shape index (κ3) is 4.82. The van der Waals surface area contributed by atoms with E-state index in [0.717, 1.165) is 0 Å². The predicted molar refractivity (Wildman–Crippen MR) is 82.2 cm³/mol. The Balaban J connectivity index is 2.97. The van der Waals surface area contributed by atoms with Crippen molar-refractivity contribution in [2.75, 3.05) is 25.7 Å². The van der Waals surface area contributed by atoms with Gasteiger partial charge in [-0.1, -0.05) is 11.6 Å². The highest BCUT2D eigenvalue weighted by Crippen LogP contribution is 2.27. The largest absolute Gasteiger partial charge is 0.495 e. The topological polar surface area (TPSA) is 75.6 Å². The van der Waals surface area contributed by atoms with E-state index >= 15 is 0 Å². The van der Waals surface area contributed by atoms with Crippen molar-refractivity contribution >= 4 is 33.4 Å². The van der Waals surface area contributed by atoms with Crippen LogP contribution < -0.4 is 9.46 Å². The minimum absolute atomic E-state index is 0.0487. The van der Waals surface area contributed by atoms with Crippen LogP contribution in [0.25, 0.3) is 0 Å². The SMILES string of the molecule is COc1ccc(Cl)cc1S(=O)(=O)NC[C@@](C)(O)CSC. The predicted octanol–water partition coefficient (Wildman–Crippen LogP) is 1.74. The molecule has 1 atom stereocenters. The number of ether oxygens (including phenoxy) is 1. The van der Waals surface area contributed by atoms with Crippen molar-refractivity contribution in [3.8, 4) is 5.75 Å². The monoisotopic (exact) mass is 339 g/mol. The van der Waals surface area contributed by atoms with Gasteiger partial charge in [-0.05, 0) is 31.4 Å². The molecule has 0 heterocycles. The van der Waals surface area contributed by atoms with Gasteiger partial charge in [0.25, 0.3) is 0 Å². The Bertz CT molecular complexity index is 561. The first-order chi connectivity index (χ1) is 9.22. The van der Waals surface area contributed by atoms with E-state index < -0.39 is 15.6 Å². The lowest BCUT2D eigenvalue weighted by atomic mass is 10.1. The molecular weight excluding hydrogens is 322 g/mol. The molecule has 0 aliphatic heterocycles. The minimum Gasteiger partial charge on any atom is -0.495 e. The van der Waals surface area contributed by atoms with Crippen LogP contribution in [-0.2, 0) is 10.0 Å². The van der Waals surface area contributed by atoms with Gasteiger partial charge < -0.3 is 9.84 Å². The highest BCUT2D eigenvalue weighted by atomic mass is 35.5. The second-order valence-electron chi connectivity index (χ2n) is 4.55. The van der Waals surface area contributed by atoms with Gasteiger partial charge in [-0.3, -0.25) is 0 Å². The molecule has 2 N–H and O–H groups in total. The Morgan fingerprint density at radius 3 is 2.70 bits per heavy atom. The van der Waals surface area contributed by atoms with Crippen LogP contribution in [0.1, 0.15) is 6.92 Å². The van der Waals surface area contributed by atoms with Crippen molar-refractivity contribution in [2.45, 2.75) is 17.4 Å². The lowest BCUT2D eigenvalue weighted by Crippen LogP contribution is -2.42. The van der Waals surface area contributed by atoms with Crippen LogP contribution in [0, 0.1) is 0 Å². The van der Waals surface area contributed by atoms with E-state index in [4.69, 9.17) is 16.3 Å². The van der Waals surface area contributed by atoms with E-state index in [9.17, 15) is 13.5 Å². The van der Waals surface area contributed by atoms with Crippen LogP contribution >= 0.6 is 23.4 Å². The number of aliphatic hydroxyl groups is 1. The number of halogens is 1. The van der Waals surface area contributed by atoms with Crippen LogP contribution in [-0.4, -0.2) is 44.8 Å². The second kappa shape index (κ2) is 7.00. The van der Waals surface area contributed by atoms with E-state index in [2.05, 4.69) is 4.72 Å². The van der Waals surface area contributed by atoms with Crippen molar-refractivity contribution in [1.29, 1.82) is 0 Å². The number of hydrogen-bond donors (Lipinski definition) is 2. The molecule has 8 heteroatoms. The Morgan fingerprint density at radius 1 is 1.50 bits per heavy atom. The van der Waals surface area contributed by atoms with Crippen LogP contribution in [0.4, 0.5) is 0 Å². The Morgan fingerprint density at radius 2 is 2.15 bits per heavy atom. The highest BCUT2D eigenvalue weighted by molar-refractivity contribution is 7.98. The Labute approximate surface area is 128 Å². The fourth-order valence-electron chi connectivity index (χ4n) is 1.55. The Hall–Kier alpha value is -0.470. The van der Waals surface area contributed by atoms with Gasteiger partial charge in [-0.15, -0.1) is 0 Å². The molecule has 0 bridgehead atoms. The molecule has 0 fully saturated rings. The van der Waals surface area contributed by atoms with Crippen molar-refractivity contribution < 1.29 is 18.3 Å². The van der Waals surface area contributed by atoms with Gasteiger partial charge in [0.05, 0.1) is 12.7 Å². The number of rotatable bonds is 7. The molecule has 114 valence electrons. The number of methoxy groups -OCH3 is 1. The molecule has 0 amide bonds. The summed E-state index contributed by atoms with van der Waals surface area (Å²) in [5, 5.41) is 10.3. The average Bonchev–Trinajstić information content (AvgIpc) is 2.37. The standard InChI is InChI=1S/C12H18ClNO4S2/c1-12(15,8-19-3)7-14-20(16,17)11-6-9(13)4-5-10(11)18-2/h4-6,14-15H,7-8H2,1-3H3/t12-/m1/s1. The maximum atomic E-state index is 12.2. The van der Waals surface area contributed by atoms with Crippen LogP contribution in [0.15, 0.2) is 23.1 Å². The molecule has 1 aromatic rings. The maximum Gasteiger partial charge on any atom is 0.244 e. The summed E-state index contributed by atoms with van der Waals surface area (Å²) in [6, 6.07) is 4.34. The fourth-order valence-corrected chi connectivity index (χ4v) is 3.87. The number of hydrogen-bond acceptors (Lipinski definition) is 5. The summed E-state index contributed by atoms with van der Waals surface area (Å²) in [6.45, 7) is 1.48. The van der Waals surface area contributed by atoms with Gasteiger partial charge >= 0.3 is 0 Å². The van der Waals surface area contributed by atoms with Gasteiger partial charge in [0.1, 0.15) is 10.6 Å².